The summed E-state index contributed by atoms with van der Waals surface area (Å²) in [6.45, 7) is 10.2. The Morgan fingerprint density at radius 2 is 1.88 bits per heavy atom. The lowest BCUT2D eigenvalue weighted by Gasteiger charge is -2.26. The first-order valence-electron chi connectivity index (χ1n) is 8.57. The molecule has 2 rings (SSSR count). The van der Waals surface area contributed by atoms with Gasteiger partial charge in [0.1, 0.15) is 5.75 Å². The van der Waals surface area contributed by atoms with Gasteiger partial charge in [-0.1, -0.05) is 39.0 Å². The van der Waals surface area contributed by atoms with Gasteiger partial charge in [0, 0.05) is 23.4 Å². The van der Waals surface area contributed by atoms with Crippen molar-refractivity contribution in [1.29, 1.82) is 0 Å². The average Bonchev–Trinajstić information content (AvgIpc) is 2.57. The van der Waals surface area contributed by atoms with Crippen LogP contribution in [0.25, 0.3) is 11.3 Å². The molecule has 1 aromatic carbocycles. The van der Waals surface area contributed by atoms with Crippen LogP contribution in [0.1, 0.15) is 45.7 Å². The SMILES string of the molecule is C/C=C\C(=C/C)c1cc(-n2ccc(=O)[nH]c2=O)cc(C(C)(C)C)c1OC. The number of nitrogens with zero attached hydrogens (tertiary/aromatic N) is 1. The van der Waals surface area contributed by atoms with E-state index in [1.807, 2.05) is 44.2 Å². The Morgan fingerprint density at radius 1 is 1.19 bits per heavy atom. The molecule has 0 radical (unpaired) electrons. The molecule has 0 amide bonds. The summed E-state index contributed by atoms with van der Waals surface area (Å²) in [5.41, 5.74) is 2.46. The fourth-order valence-electron chi connectivity index (χ4n) is 2.89. The van der Waals surface area contributed by atoms with Crippen LogP contribution in [0, 0.1) is 0 Å². The standard InChI is InChI=1S/C21H26N2O3/c1-7-9-14(8-2)16-12-15(23-11-10-18(24)22-20(23)25)13-17(19(16)26-6)21(3,4)5/h7-13H,1-6H3,(H,22,24,25)/b9-7-,14-8+. The predicted octanol–water partition coefficient (Wildman–Crippen LogP) is 3.81. The topological polar surface area (TPSA) is 64.1 Å². The van der Waals surface area contributed by atoms with Crippen molar-refractivity contribution >= 4 is 5.57 Å². The summed E-state index contributed by atoms with van der Waals surface area (Å²) in [6.07, 6.45) is 7.46. The molecule has 0 unspecified atom stereocenters. The maximum Gasteiger partial charge on any atom is 0.332 e. The lowest BCUT2D eigenvalue weighted by molar-refractivity contribution is 0.396. The molecule has 0 aliphatic heterocycles. The lowest BCUT2D eigenvalue weighted by atomic mass is 9.83. The van der Waals surface area contributed by atoms with E-state index in [9.17, 15) is 9.59 Å². The van der Waals surface area contributed by atoms with Gasteiger partial charge in [0.05, 0.1) is 12.8 Å². The summed E-state index contributed by atoms with van der Waals surface area (Å²) in [6, 6.07) is 5.18. The quantitative estimate of drug-likeness (QED) is 0.849. The van der Waals surface area contributed by atoms with Crippen LogP contribution in [0.4, 0.5) is 0 Å². The highest BCUT2D eigenvalue weighted by molar-refractivity contribution is 5.80. The summed E-state index contributed by atoms with van der Waals surface area (Å²) in [5, 5.41) is 0. The van der Waals surface area contributed by atoms with E-state index in [-0.39, 0.29) is 5.41 Å². The van der Waals surface area contributed by atoms with E-state index < -0.39 is 11.2 Å². The van der Waals surface area contributed by atoms with Crippen molar-refractivity contribution in [3.05, 3.63) is 74.6 Å². The van der Waals surface area contributed by atoms with E-state index in [1.54, 1.807) is 7.11 Å². The highest BCUT2D eigenvalue weighted by Crippen LogP contribution is 2.39. The molecular formula is C21H26N2O3. The first-order valence-corrected chi connectivity index (χ1v) is 8.57. The fourth-order valence-corrected chi connectivity index (χ4v) is 2.89. The molecule has 0 saturated heterocycles. The van der Waals surface area contributed by atoms with Gasteiger partial charge in [-0.25, -0.2) is 4.79 Å². The van der Waals surface area contributed by atoms with Crippen molar-refractivity contribution in [1.82, 2.24) is 9.55 Å². The molecule has 5 heteroatoms. The maximum atomic E-state index is 12.3. The Labute approximate surface area is 153 Å². The predicted molar refractivity (Wildman–Crippen MR) is 106 cm³/mol. The largest absolute Gasteiger partial charge is 0.496 e. The summed E-state index contributed by atoms with van der Waals surface area (Å²) in [5.74, 6) is 0.782. The molecule has 1 aromatic heterocycles. The molecule has 26 heavy (non-hydrogen) atoms. The minimum absolute atomic E-state index is 0.198. The first kappa shape index (κ1) is 19.5. The normalized spacial score (nSPS) is 12.6. The van der Waals surface area contributed by atoms with Gasteiger partial charge in [-0.2, -0.15) is 0 Å². The third kappa shape index (κ3) is 3.87. The van der Waals surface area contributed by atoms with Crippen molar-refractivity contribution in [2.75, 3.05) is 7.11 Å². The highest BCUT2D eigenvalue weighted by Gasteiger charge is 2.24. The first-order chi connectivity index (χ1) is 12.2. The summed E-state index contributed by atoms with van der Waals surface area (Å²) in [7, 11) is 1.66. The highest BCUT2D eigenvalue weighted by atomic mass is 16.5. The molecule has 0 fully saturated rings. The number of allylic oxidation sites excluding steroid dienone is 4. The van der Waals surface area contributed by atoms with Crippen molar-refractivity contribution in [2.24, 2.45) is 0 Å². The Hall–Kier alpha value is -2.82. The zero-order chi connectivity index (χ0) is 19.5. The van der Waals surface area contributed by atoms with Gasteiger partial charge in [-0.15, -0.1) is 0 Å². The number of H-pyrrole nitrogens is 1. The number of hydrogen-bond donors (Lipinski definition) is 1. The number of rotatable bonds is 4. The second-order valence-corrected chi connectivity index (χ2v) is 7.05. The minimum Gasteiger partial charge on any atom is -0.496 e. The number of aromatic nitrogens is 2. The van der Waals surface area contributed by atoms with Crippen molar-refractivity contribution in [2.45, 2.75) is 40.0 Å². The average molecular weight is 354 g/mol. The van der Waals surface area contributed by atoms with Crippen LogP contribution in [-0.4, -0.2) is 16.7 Å². The van der Waals surface area contributed by atoms with E-state index in [0.29, 0.717) is 5.69 Å². The molecule has 5 nitrogen and oxygen atoms in total. The molecule has 0 atom stereocenters. The van der Waals surface area contributed by atoms with E-state index in [1.165, 1.54) is 16.8 Å². The van der Waals surface area contributed by atoms with Crippen LogP contribution in [0.5, 0.6) is 5.75 Å². The molecule has 1 N–H and O–H groups in total. The smallest absolute Gasteiger partial charge is 0.332 e. The Bertz CT molecular complexity index is 970. The van der Waals surface area contributed by atoms with E-state index >= 15 is 0 Å². The molecule has 0 bridgehead atoms. The van der Waals surface area contributed by atoms with Gasteiger partial charge in [0.25, 0.3) is 5.56 Å². The van der Waals surface area contributed by atoms with E-state index in [0.717, 1.165) is 22.4 Å². The van der Waals surface area contributed by atoms with Gasteiger partial charge in [-0.3, -0.25) is 14.3 Å². The number of benzene rings is 1. The number of aromatic amines is 1. The van der Waals surface area contributed by atoms with Crippen LogP contribution in [0.15, 0.2) is 52.2 Å². The molecule has 0 aliphatic carbocycles. The fraction of sp³-hybridized carbons (Fsp3) is 0.333. The van der Waals surface area contributed by atoms with Gasteiger partial charge in [0.2, 0.25) is 0 Å². The number of ether oxygens (including phenoxy) is 1. The van der Waals surface area contributed by atoms with Crippen LogP contribution < -0.4 is 16.0 Å². The van der Waals surface area contributed by atoms with Crippen LogP contribution in [0.2, 0.25) is 0 Å². The third-order valence-corrected chi connectivity index (χ3v) is 4.16. The zero-order valence-corrected chi connectivity index (χ0v) is 16.2. The minimum atomic E-state index is -0.471. The summed E-state index contributed by atoms with van der Waals surface area (Å²) >= 11 is 0. The molecule has 138 valence electrons. The monoisotopic (exact) mass is 354 g/mol. The lowest BCUT2D eigenvalue weighted by Crippen LogP contribution is -2.28. The number of hydrogen-bond acceptors (Lipinski definition) is 3. The molecule has 2 aromatic rings. The Kier molecular flexibility index (Phi) is 5.70. The number of methoxy groups -OCH3 is 1. The molecule has 0 spiro atoms. The van der Waals surface area contributed by atoms with Gasteiger partial charge in [0.15, 0.2) is 0 Å². The van der Waals surface area contributed by atoms with E-state index in [4.69, 9.17) is 4.74 Å². The second-order valence-electron chi connectivity index (χ2n) is 7.05. The molecule has 0 aliphatic rings. The van der Waals surface area contributed by atoms with Crippen molar-refractivity contribution in [3.63, 3.8) is 0 Å². The van der Waals surface area contributed by atoms with Crippen molar-refractivity contribution in [3.8, 4) is 11.4 Å². The van der Waals surface area contributed by atoms with Crippen LogP contribution in [0.3, 0.4) is 0 Å². The van der Waals surface area contributed by atoms with Gasteiger partial charge < -0.3 is 4.74 Å². The molecule has 1 heterocycles. The maximum absolute atomic E-state index is 12.3. The molecular weight excluding hydrogens is 328 g/mol. The zero-order valence-electron chi connectivity index (χ0n) is 16.2. The van der Waals surface area contributed by atoms with Crippen LogP contribution in [-0.2, 0) is 5.41 Å². The van der Waals surface area contributed by atoms with E-state index in [2.05, 4.69) is 25.8 Å². The summed E-state index contributed by atoms with van der Waals surface area (Å²) in [4.78, 5) is 26.0. The van der Waals surface area contributed by atoms with Crippen molar-refractivity contribution < 1.29 is 4.74 Å². The third-order valence-electron chi connectivity index (χ3n) is 4.16. The van der Waals surface area contributed by atoms with Gasteiger partial charge >= 0.3 is 5.69 Å². The summed E-state index contributed by atoms with van der Waals surface area (Å²) < 4.78 is 7.19. The Morgan fingerprint density at radius 3 is 2.38 bits per heavy atom. The second kappa shape index (κ2) is 7.60. The Balaban J connectivity index is 2.91. The number of nitrogens with one attached hydrogen (secondary N) is 1. The van der Waals surface area contributed by atoms with Crippen LogP contribution >= 0.6 is 0 Å². The molecule has 0 saturated carbocycles. The van der Waals surface area contributed by atoms with Gasteiger partial charge in [-0.05, 0) is 37.0 Å².